The number of carbonyl (C=O) groups is 1. The third kappa shape index (κ3) is 1.22. The highest BCUT2D eigenvalue weighted by molar-refractivity contribution is 5.83. The van der Waals surface area contributed by atoms with Gasteiger partial charge in [-0.3, -0.25) is 0 Å². The molecule has 0 aliphatic carbocycles. The van der Waals surface area contributed by atoms with Crippen LogP contribution in [-0.2, 0) is 0 Å². The fraction of sp³-hybridized carbons (Fsp3) is 0. The van der Waals surface area contributed by atoms with Crippen LogP contribution in [0.1, 0.15) is 10.5 Å². The molecule has 52 valence electrons. The Labute approximate surface area is 57.3 Å². The summed E-state index contributed by atoms with van der Waals surface area (Å²) < 4.78 is 0. The number of rotatable bonds is 1. The summed E-state index contributed by atoms with van der Waals surface area (Å²) in [6.07, 6.45) is 1.43. The lowest BCUT2D eigenvalue weighted by Crippen LogP contribution is -2.16. The zero-order chi connectivity index (χ0) is 7.56. The van der Waals surface area contributed by atoms with E-state index in [0.717, 1.165) is 0 Å². The zero-order valence-electron chi connectivity index (χ0n) is 5.16. The number of pyridine rings is 1. The number of carboxylic acid groups (broad SMARTS) is 1. The van der Waals surface area contributed by atoms with Crippen LogP contribution >= 0.6 is 0 Å². The van der Waals surface area contributed by atoms with E-state index in [-0.39, 0.29) is 5.69 Å². The minimum absolute atomic E-state index is 0.134. The third-order valence-electron chi connectivity index (χ3n) is 1.07. The lowest BCUT2D eigenvalue weighted by Gasteiger charge is -1.85. The second kappa shape index (κ2) is 2.34. The molecule has 0 aliphatic heterocycles. The molecule has 1 aromatic heterocycles. The number of nitrogen functional groups attached to an aromatic ring is 1. The number of aromatic carboxylic acids is 1. The van der Waals surface area contributed by atoms with E-state index in [1.54, 1.807) is 0 Å². The Bertz CT molecular complexity index is 242. The molecule has 0 bridgehead atoms. The van der Waals surface area contributed by atoms with Crippen LogP contribution in [0.5, 0.6) is 0 Å². The number of hydrogen-bond acceptors (Lipinski definition) is 2. The Morgan fingerprint density at radius 3 is 2.70 bits per heavy atom. The van der Waals surface area contributed by atoms with Crippen molar-refractivity contribution in [1.29, 1.82) is 0 Å². The molecule has 0 amide bonds. The molecular formula is C6H7N2O2+. The average molecular weight is 139 g/mol. The van der Waals surface area contributed by atoms with E-state index >= 15 is 0 Å². The molecule has 0 aromatic carbocycles. The molecule has 0 spiro atoms. The quantitative estimate of drug-likeness (QED) is 0.564. The van der Waals surface area contributed by atoms with Crippen LogP contribution in [0.25, 0.3) is 0 Å². The zero-order valence-corrected chi connectivity index (χ0v) is 5.16. The van der Waals surface area contributed by atoms with Crippen molar-refractivity contribution in [2.24, 2.45) is 0 Å². The first kappa shape index (κ1) is 6.54. The molecule has 0 radical (unpaired) electrons. The van der Waals surface area contributed by atoms with Gasteiger partial charge in [-0.05, 0) is 6.07 Å². The summed E-state index contributed by atoms with van der Waals surface area (Å²) >= 11 is 0. The number of aromatic nitrogens is 1. The molecule has 0 fully saturated rings. The molecule has 0 aliphatic rings. The summed E-state index contributed by atoms with van der Waals surface area (Å²) in [5.41, 5.74) is 5.95. The van der Waals surface area contributed by atoms with Crippen molar-refractivity contribution in [3.8, 4) is 0 Å². The van der Waals surface area contributed by atoms with Gasteiger partial charge in [-0.25, -0.2) is 9.78 Å². The molecular weight excluding hydrogens is 132 g/mol. The molecule has 0 saturated carbocycles. The summed E-state index contributed by atoms with van der Waals surface area (Å²) in [4.78, 5) is 12.8. The number of nitrogens with two attached hydrogens (primary N) is 1. The Balaban J connectivity index is 3.00. The largest absolute Gasteiger partial charge is 0.473 e. The van der Waals surface area contributed by atoms with Crippen LogP contribution in [0.4, 0.5) is 5.69 Å². The number of anilines is 1. The Morgan fingerprint density at radius 2 is 2.30 bits per heavy atom. The van der Waals surface area contributed by atoms with Crippen molar-refractivity contribution in [2.75, 3.05) is 5.73 Å². The van der Waals surface area contributed by atoms with E-state index in [1.807, 2.05) is 0 Å². The normalized spacial score (nSPS) is 9.20. The average Bonchev–Trinajstić information content (AvgIpc) is 1.88. The topological polar surface area (TPSA) is 77.5 Å². The van der Waals surface area contributed by atoms with Gasteiger partial charge in [0, 0.05) is 6.07 Å². The van der Waals surface area contributed by atoms with Gasteiger partial charge in [0.2, 0.25) is 0 Å². The predicted octanol–water partition coefficient (Wildman–Crippen LogP) is -0.219. The first-order valence-electron chi connectivity index (χ1n) is 2.70. The van der Waals surface area contributed by atoms with Crippen LogP contribution in [0.3, 0.4) is 0 Å². The molecule has 1 aromatic rings. The highest BCUT2D eigenvalue weighted by Gasteiger charge is 2.08. The SMILES string of the molecule is Nc1ccc(C(=O)O)[nH+]c1. The molecule has 1 heterocycles. The highest BCUT2D eigenvalue weighted by Crippen LogP contribution is 1.95. The van der Waals surface area contributed by atoms with E-state index in [9.17, 15) is 4.79 Å². The Hall–Kier alpha value is -1.58. The van der Waals surface area contributed by atoms with E-state index in [4.69, 9.17) is 10.8 Å². The smallest absolute Gasteiger partial charge is 0.401 e. The van der Waals surface area contributed by atoms with E-state index in [1.165, 1.54) is 18.3 Å². The maximum atomic E-state index is 10.2. The van der Waals surface area contributed by atoms with Gasteiger partial charge in [-0.2, -0.15) is 0 Å². The highest BCUT2D eigenvalue weighted by atomic mass is 16.4. The van der Waals surface area contributed by atoms with Gasteiger partial charge in [-0.1, -0.05) is 0 Å². The second-order valence-electron chi connectivity index (χ2n) is 1.84. The lowest BCUT2D eigenvalue weighted by molar-refractivity contribution is -0.382. The van der Waals surface area contributed by atoms with E-state index < -0.39 is 5.97 Å². The number of aromatic amines is 1. The van der Waals surface area contributed by atoms with Gasteiger partial charge >= 0.3 is 5.97 Å². The summed E-state index contributed by atoms with van der Waals surface area (Å²) in [6.45, 7) is 0. The van der Waals surface area contributed by atoms with Crippen LogP contribution in [-0.4, -0.2) is 11.1 Å². The van der Waals surface area contributed by atoms with Gasteiger partial charge in [0.15, 0.2) is 6.20 Å². The Morgan fingerprint density at radius 1 is 1.60 bits per heavy atom. The van der Waals surface area contributed by atoms with Crippen LogP contribution in [0.15, 0.2) is 18.3 Å². The third-order valence-corrected chi connectivity index (χ3v) is 1.07. The number of H-pyrrole nitrogens is 1. The summed E-state index contributed by atoms with van der Waals surface area (Å²) in [5, 5.41) is 8.40. The predicted molar refractivity (Wildman–Crippen MR) is 34.4 cm³/mol. The van der Waals surface area contributed by atoms with Gasteiger partial charge in [0.1, 0.15) is 0 Å². The minimum atomic E-state index is -0.986. The van der Waals surface area contributed by atoms with Crippen LogP contribution in [0, 0.1) is 0 Å². The molecule has 0 unspecified atom stereocenters. The van der Waals surface area contributed by atoms with Crippen molar-refractivity contribution in [3.05, 3.63) is 24.0 Å². The number of carboxylic acids is 1. The molecule has 1 rings (SSSR count). The lowest BCUT2D eigenvalue weighted by atomic mass is 10.3. The maximum Gasteiger partial charge on any atom is 0.401 e. The maximum absolute atomic E-state index is 10.2. The van der Waals surface area contributed by atoms with Gasteiger partial charge in [0.25, 0.3) is 5.69 Å². The number of hydrogen-bond donors (Lipinski definition) is 2. The van der Waals surface area contributed by atoms with E-state index in [0.29, 0.717) is 5.69 Å². The molecule has 4 heteroatoms. The molecule has 4 N–H and O–H groups in total. The fourth-order valence-electron chi connectivity index (χ4n) is 0.570. The standard InChI is InChI=1S/C6H6N2O2/c7-4-1-2-5(6(9)10)8-3-4/h1-3H,7H2,(H,9,10)/p+1. The Kier molecular flexibility index (Phi) is 1.53. The molecule has 4 nitrogen and oxygen atoms in total. The van der Waals surface area contributed by atoms with Crippen LogP contribution in [0.2, 0.25) is 0 Å². The van der Waals surface area contributed by atoms with Gasteiger partial charge in [0.05, 0.1) is 5.69 Å². The fourth-order valence-corrected chi connectivity index (χ4v) is 0.570. The van der Waals surface area contributed by atoms with Crippen molar-refractivity contribution in [2.45, 2.75) is 0 Å². The van der Waals surface area contributed by atoms with Crippen LogP contribution < -0.4 is 10.7 Å². The van der Waals surface area contributed by atoms with Gasteiger partial charge in [-0.15, -0.1) is 0 Å². The minimum Gasteiger partial charge on any atom is -0.473 e. The summed E-state index contributed by atoms with van der Waals surface area (Å²) in [5.74, 6) is -0.986. The van der Waals surface area contributed by atoms with E-state index in [2.05, 4.69) is 4.98 Å². The van der Waals surface area contributed by atoms with Crippen molar-refractivity contribution in [1.82, 2.24) is 0 Å². The van der Waals surface area contributed by atoms with Crippen molar-refractivity contribution < 1.29 is 14.9 Å². The molecule has 0 atom stereocenters. The molecule has 0 saturated heterocycles. The van der Waals surface area contributed by atoms with Gasteiger partial charge < -0.3 is 10.8 Å². The first-order chi connectivity index (χ1) is 4.70. The second-order valence-corrected chi connectivity index (χ2v) is 1.84. The summed E-state index contributed by atoms with van der Waals surface area (Å²) in [6, 6.07) is 2.94. The first-order valence-corrected chi connectivity index (χ1v) is 2.70. The molecule has 10 heavy (non-hydrogen) atoms. The monoisotopic (exact) mass is 139 g/mol. The van der Waals surface area contributed by atoms with Crippen molar-refractivity contribution in [3.63, 3.8) is 0 Å². The summed E-state index contributed by atoms with van der Waals surface area (Å²) in [7, 11) is 0. The van der Waals surface area contributed by atoms with Crippen molar-refractivity contribution >= 4 is 11.7 Å². The number of nitrogens with one attached hydrogen (secondary N) is 1.